The summed E-state index contributed by atoms with van der Waals surface area (Å²) in [5.74, 6) is -0.872. The molecular formula is C39H34BrCl2N5O5. The number of nitrogens with two attached hydrogens (primary N) is 1. The van der Waals surface area contributed by atoms with Crippen molar-refractivity contribution in [3.63, 3.8) is 0 Å². The van der Waals surface area contributed by atoms with Crippen LogP contribution >= 0.6 is 39.1 Å². The summed E-state index contributed by atoms with van der Waals surface area (Å²) in [4.78, 5) is 20.5. The minimum Gasteiger partial charge on any atom is -0.480 e. The fourth-order valence-corrected chi connectivity index (χ4v) is 7.04. The molecule has 0 unspecified atom stereocenters. The van der Waals surface area contributed by atoms with E-state index in [1.807, 2.05) is 42.5 Å². The van der Waals surface area contributed by atoms with Crippen molar-refractivity contribution in [3.8, 4) is 40.1 Å². The number of aliphatic hydroxyl groups excluding tert-OH is 1. The largest absolute Gasteiger partial charge is 0.480 e. The molecule has 2 heterocycles. The molecule has 10 nitrogen and oxygen atoms in total. The molecule has 266 valence electrons. The zero-order valence-electron chi connectivity index (χ0n) is 28.0. The summed E-state index contributed by atoms with van der Waals surface area (Å²) in [7, 11) is 0. The first kappa shape index (κ1) is 37.2. The second-order valence-corrected chi connectivity index (χ2v) is 14.4. The van der Waals surface area contributed by atoms with E-state index in [1.54, 1.807) is 18.3 Å². The molecule has 0 aliphatic heterocycles. The lowest BCUT2D eigenvalue weighted by Gasteiger charge is -2.24. The van der Waals surface area contributed by atoms with Crippen LogP contribution in [-0.2, 0) is 37.4 Å². The van der Waals surface area contributed by atoms with Crippen LogP contribution in [0.25, 0.3) is 22.3 Å². The first-order valence-electron chi connectivity index (χ1n) is 16.3. The van der Waals surface area contributed by atoms with E-state index in [0.29, 0.717) is 36.8 Å². The van der Waals surface area contributed by atoms with Crippen LogP contribution in [-0.4, -0.2) is 44.3 Å². The molecule has 5 N–H and O–H groups in total. The molecule has 1 aliphatic carbocycles. The highest BCUT2D eigenvalue weighted by Gasteiger charge is 2.32. The van der Waals surface area contributed by atoms with Gasteiger partial charge in [-0.15, -0.1) is 0 Å². The molecular weight excluding hydrogens is 769 g/mol. The first-order valence-corrected chi connectivity index (χ1v) is 17.9. The van der Waals surface area contributed by atoms with Gasteiger partial charge in [0.05, 0.1) is 26.7 Å². The third-order valence-corrected chi connectivity index (χ3v) is 10.4. The quantitative estimate of drug-likeness (QED) is 0.0953. The van der Waals surface area contributed by atoms with Crippen molar-refractivity contribution in [2.75, 3.05) is 6.61 Å². The normalized spacial score (nSPS) is 14.7. The molecule has 0 fully saturated rings. The number of aliphatic hydroxyl groups is 1. The van der Waals surface area contributed by atoms with Crippen LogP contribution in [0.2, 0.25) is 10.0 Å². The van der Waals surface area contributed by atoms with Gasteiger partial charge in [0.2, 0.25) is 11.8 Å². The van der Waals surface area contributed by atoms with Gasteiger partial charge in [-0.2, -0.15) is 10.2 Å². The molecule has 0 amide bonds. The molecule has 0 bridgehead atoms. The fraction of sp³-hybridized carbons (Fsp3) is 0.231. The average Bonchev–Trinajstić information content (AvgIpc) is 3.52. The van der Waals surface area contributed by atoms with E-state index < -0.39 is 18.1 Å². The van der Waals surface area contributed by atoms with Gasteiger partial charge in [-0.1, -0.05) is 77.8 Å². The van der Waals surface area contributed by atoms with Crippen molar-refractivity contribution < 1.29 is 24.5 Å². The average molecular weight is 804 g/mol. The van der Waals surface area contributed by atoms with Crippen molar-refractivity contribution in [1.29, 1.82) is 5.26 Å². The van der Waals surface area contributed by atoms with Gasteiger partial charge in [0.15, 0.2) is 0 Å². The first-order chi connectivity index (χ1) is 25.0. The van der Waals surface area contributed by atoms with E-state index in [0.717, 1.165) is 35.1 Å². The van der Waals surface area contributed by atoms with E-state index in [1.165, 1.54) is 24.2 Å². The monoisotopic (exact) mass is 801 g/mol. The van der Waals surface area contributed by atoms with Crippen LogP contribution in [0.15, 0.2) is 83.6 Å². The highest BCUT2D eigenvalue weighted by Crippen LogP contribution is 2.41. The third kappa shape index (κ3) is 8.08. The number of ether oxygens (including phenoxy) is 2. The number of hydrogen-bond acceptors (Lipinski definition) is 9. The molecule has 3 aromatic carbocycles. The maximum absolute atomic E-state index is 11.8. The molecule has 2 atom stereocenters. The van der Waals surface area contributed by atoms with Gasteiger partial charge in [0.25, 0.3) is 0 Å². The number of halogens is 3. The van der Waals surface area contributed by atoms with Crippen LogP contribution in [0, 0.1) is 11.3 Å². The Labute approximate surface area is 319 Å². The van der Waals surface area contributed by atoms with E-state index in [4.69, 9.17) is 38.4 Å². The highest BCUT2D eigenvalue weighted by atomic mass is 79.9. The molecule has 0 saturated carbocycles. The number of fused-ring (bicyclic) bond motifs is 1. The minimum atomic E-state index is -1.61. The standard InChI is InChI=1S/C39H34BrCl2N5O5/c1-39(21-48,38(49)50)46-18-28-14-33(40)37(47-36(28)51-19-23-10-22(15-43)16-45-17-23)52-20-26-4-2-6-31(34(26)41)32-7-3-5-30(35(32)42)25-9-8-24-12-29(44)13-27(24)11-25/h2-11,14,16-17,29,46,48H,12-13,18-21,44H2,1H3,(H,49,50)/t29-,39+/m0/s1. The maximum Gasteiger partial charge on any atom is 0.326 e. The lowest BCUT2D eigenvalue weighted by atomic mass is 9.96. The summed E-state index contributed by atoms with van der Waals surface area (Å²) < 4.78 is 12.7. The van der Waals surface area contributed by atoms with Crippen molar-refractivity contribution in [3.05, 3.63) is 127 Å². The molecule has 1 aliphatic rings. The molecule has 2 aromatic heterocycles. The van der Waals surface area contributed by atoms with Crippen LogP contribution in [0.1, 0.15) is 40.3 Å². The summed E-state index contributed by atoms with van der Waals surface area (Å²) in [6, 6.07) is 23.4. The Balaban J connectivity index is 1.26. The SMILES string of the molecule is C[C@](CO)(NCc1cc(Br)c(OCc2cccc(-c3cccc(-c4ccc5c(c4)C[C@@H](N)C5)c3Cl)c2Cl)nc1OCc1cncc(C#N)c1)C(=O)O. The fourth-order valence-electron chi connectivity index (χ4n) is 5.94. The van der Waals surface area contributed by atoms with Crippen LogP contribution in [0.4, 0.5) is 0 Å². The Morgan fingerprint density at radius 3 is 2.44 bits per heavy atom. The lowest BCUT2D eigenvalue weighted by Crippen LogP contribution is -2.52. The summed E-state index contributed by atoms with van der Waals surface area (Å²) in [5, 5.41) is 32.6. The number of carboxylic acid groups (broad SMARTS) is 1. The molecule has 52 heavy (non-hydrogen) atoms. The van der Waals surface area contributed by atoms with Crippen LogP contribution < -0.4 is 20.5 Å². The predicted octanol–water partition coefficient (Wildman–Crippen LogP) is 7.26. The Kier molecular flexibility index (Phi) is 11.5. The van der Waals surface area contributed by atoms with Crippen LogP contribution in [0.5, 0.6) is 11.8 Å². The smallest absolute Gasteiger partial charge is 0.326 e. The predicted molar refractivity (Wildman–Crippen MR) is 202 cm³/mol. The Hall–Kier alpha value is -4.54. The van der Waals surface area contributed by atoms with Gasteiger partial charge in [0.1, 0.15) is 24.8 Å². The van der Waals surface area contributed by atoms with Crippen molar-refractivity contribution in [2.45, 2.75) is 51.1 Å². The van der Waals surface area contributed by atoms with Crippen molar-refractivity contribution in [2.24, 2.45) is 5.73 Å². The molecule has 0 saturated heterocycles. The topological polar surface area (TPSA) is 164 Å². The number of rotatable bonds is 13. The summed E-state index contributed by atoms with van der Waals surface area (Å²) in [5.41, 5.74) is 12.7. The number of carbonyl (C=O) groups is 1. The number of nitrogens with zero attached hydrogens (tertiary/aromatic N) is 3. The number of aliphatic carboxylic acids is 1. The van der Waals surface area contributed by atoms with E-state index in [2.05, 4.69) is 49.4 Å². The number of aromatic nitrogens is 2. The third-order valence-electron chi connectivity index (χ3n) is 8.95. The number of pyridine rings is 2. The molecule has 6 rings (SSSR count). The second-order valence-electron chi connectivity index (χ2n) is 12.8. The van der Waals surface area contributed by atoms with Gasteiger partial charge >= 0.3 is 5.97 Å². The number of carboxylic acids is 1. The van der Waals surface area contributed by atoms with Gasteiger partial charge in [-0.25, -0.2) is 0 Å². The summed E-state index contributed by atoms with van der Waals surface area (Å²) >= 11 is 17.6. The zero-order chi connectivity index (χ0) is 37.0. The maximum atomic E-state index is 11.8. The van der Waals surface area contributed by atoms with E-state index in [-0.39, 0.29) is 37.6 Å². The summed E-state index contributed by atoms with van der Waals surface area (Å²) in [6.07, 6.45) is 4.73. The van der Waals surface area contributed by atoms with Crippen molar-refractivity contribution in [1.82, 2.24) is 15.3 Å². The number of nitriles is 1. The second kappa shape index (κ2) is 16.0. The number of hydrogen-bond donors (Lipinski definition) is 4. The zero-order valence-corrected chi connectivity index (χ0v) is 31.1. The van der Waals surface area contributed by atoms with E-state index >= 15 is 0 Å². The minimum absolute atomic E-state index is 0.00620. The van der Waals surface area contributed by atoms with Gasteiger partial charge in [-0.05, 0) is 64.5 Å². The lowest BCUT2D eigenvalue weighted by molar-refractivity contribution is -0.145. The Morgan fingerprint density at radius 2 is 1.69 bits per heavy atom. The Bertz CT molecular complexity index is 2200. The number of benzene rings is 3. The Morgan fingerprint density at radius 1 is 0.981 bits per heavy atom. The van der Waals surface area contributed by atoms with Gasteiger partial charge in [-0.3, -0.25) is 15.1 Å². The molecule has 0 radical (unpaired) electrons. The molecule has 5 aromatic rings. The molecule has 0 spiro atoms. The molecule has 13 heteroatoms. The van der Waals surface area contributed by atoms with E-state index in [9.17, 15) is 20.3 Å². The number of nitrogens with one attached hydrogen (secondary N) is 1. The van der Waals surface area contributed by atoms with Crippen molar-refractivity contribution >= 4 is 45.1 Å². The highest BCUT2D eigenvalue weighted by molar-refractivity contribution is 9.10. The van der Waals surface area contributed by atoms with Gasteiger partial charge in [0, 0.05) is 58.4 Å². The van der Waals surface area contributed by atoms with Gasteiger partial charge < -0.3 is 25.4 Å². The summed E-state index contributed by atoms with van der Waals surface area (Å²) in [6.45, 7) is 0.798. The van der Waals surface area contributed by atoms with Crippen LogP contribution in [0.3, 0.4) is 0 Å².